The Hall–Kier alpha value is -0.860. The molecule has 1 aromatic carbocycles. The lowest BCUT2D eigenvalue weighted by Crippen LogP contribution is -2.59. The second-order valence-corrected chi connectivity index (χ2v) is 7.41. The van der Waals surface area contributed by atoms with Crippen molar-refractivity contribution in [2.45, 2.75) is 58.5 Å². The van der Waals surface area contributed by atoms with Gasteiger partial charge in [0, 0.05) is 18.1 Å². The molecule has 0 heterocycles. The summed E-state index contributed by atoms with van der Waals surface area (Å²) in [7, 11) is 0. The molecule has 1 aliphatic carbocycles. The Kier molecular flexibility index (Phi) is 4.55. The Balaban J connectivity index is 2.12. The Morgan fingerprint density at radius 2 is 1.90 bits per heavy atom. The minimum atomic E-state index is 0.0881. The average molecular weight is 274 g/mol. The summed E-state index contributed by atoms with van der Waals surface area (Å²) in [4.78, 5) is 0. The molecule has 2 nitrogen and oxygen atoms in total. The Labute approximate surface area is 124 Å². The van der Waals surface area contributed by atoms with Gasteiger partial charge in [0.25, 0.3) is 0 Å². The molecule has 0 radical (unpaired) electrons. The highest BCUT2D eigenvalue weighted by Crippen LogP contribution is 2.44. The van der Waals surface area contributed by atoms with Gasteiger partial charge in [-0.1, -0.05) is 51.1 Å². The first-order chi connectivity index (χ1) is 9.38. The molecule has 3 unspecified atom stereocenters. The fraction of sp³-hybridized carbons (Fsp3) is 0.667. The van der Waals surface area contributed by atoms with E-state index in [1.807, 2.05) is 0 Å². The van der Waals surface area contributed by atoms with Crippen molar-refractivity contribution in [1.82, 2.24) is 5.32 Å². The van der Waals surface area contributed by atoms with Gasteiger partial charge in [-0.2, -0.15) is 0 Å². The number of benzene rings is 1. The fourth-order valence-electron chi connectivity index (χ4n) is 3.77. The highest BCUT2D eigenvalue weighted by atomic mass is 15.0. The molecule has 1 fully saturated rings. The summed E-state index contributed by atoms with van der Waals surface area (Å²) in [5.41, 5.74) is 8.07. The molecule has 0 aliphatic heterocycles. The van der Waals surface area contributed by atoms with Crippen molar-refractivity contribution in [3.8, 4) is 0 Å². The predicted molar refractivity (Wildman–Crippen MR) is 86.6 cm³/mol. The molecule has 0 saturated heterocycles. The highest BCUT2D eigenvalue weighted by Gasteiger charge is 2.43. The van der Waals surface area contributed by atoms with Gasteiger partial charge in [0.15, 0.2) is 0 Å². The minimum Gasteiger partial charge on any atom is -0.329 e. The van der Waals surface area contributed by atoms with E-state index in [4.69, 9.17) is 5.73 Å². The topological polar surface area (TPSA) is 38.0 Å². The van der Waals surface area contributed by atoms with Crippen LogP contribution in [0.4, 0.5) is 0 Å². The van der Waals surface area contributed by atoms with Crippen molar-refractivity contribution in [3.63, 3.8) is 0 Å². The van der Waals surface area contributed by atoms with E-state index < -0.39 is 0 Å². The van der Waals surface area contributed by atoms with Gasteiger partial charge in [-0.15, -0.1) is 0 Å². The van der Waals surface area contributed by atoms with Gasteiger partial charge in [0.1, 0.15) is 0 Å². The van der Waals surface area contributed by atoms with Crippen LogP contribution in [0.15, 0.2) is 30.3 Å². The van der Waals surface area contributed by atoms with Crippen molar-refractivity contribution in [2.75, 3.05) is 6.54 Å². The fourth-order valence-corrected chi connectivity index (χ4v) is 3.77. The van der Waals surface area contributed by atoms with Crippen LogP contribution in [0.2, 0.25) is 0 Å². The summed E-state index contributed by atoms with van der Waals surface area (Å²) in [5.74, 6) is 0.613. The van der Waals surface area contributed by atoms with E-state index in [9.17, 15) is 0 Å². The van der Waals surface area contributed by atoms with Gasteiger partial charge in [0.05, 0.1) is 0 Å². The van der Waals surface area contributed by atoms with E-state index in [0.29, 0.717) is 17.4 Å². The number of nitrogens with one attached hydrogen (secondary N) is 1. The van der Waals surface area contributed by atoms with Gasteiger partial charge >= 0.3 is 0 Å². The molecule has 3 N–H and O–H groups in total. The quantitative estimate of drug-likeness (QED) is 0.874. The van der Waals surface area contributed by atoms with Crippen molar-refractivity contribution in [2.24, 2.45) is 17.1 Å². The van der Waals surface area contributed by atoms with Crippen molar-refractivity contribution < 1.29 is 0 Å². The van der Waals surface area contributed by atoms with Crippen molar-refractivity contribution in [3.05, 3.63) is 35.9 Å². The number of hydrogen-bond donors (Lipinski definition) is 2. The summed E-state index contributed by atoms with van der Waals surface area (Å²) >= 11 is 0. The van der Waals surface area contributed by atoms with Crippen molar-refractivity contribution in [1.29, 1.82) is 0 Å². The first kappa shape index (κ1) is 15.5. The third-order valence-corrected chi connectivity index (χ3v) is 5.22. The summed E-state index contributed by atoms with van der Waals surface area (Å²) in [5, 5.41) is 3.86. The molecule has 2 heteroatoms. The summed E-state index contributed by atoms with van der Waals surface area (Å²) in [6.45, 7) is 10.1. The monoisotopic (exact) mass is 274 g/mol. The molecule has 0 bridgehead atoms. The maximum Gasteiger partial charge on any atom is 0.0335 e. The van der Waals surface area contributed by atoms with Gasteiger partial charge in [-0.25, -0.2) is 0 Å². The summed E-state index contributed by atoms with van der Waals surface area (Å²) in [6.07, 6.45) is 3.68. The first-order valence-electron chi connectivity index (χ1n) is 7.91. The van der Waals surface area contributed by atoms with Crippen LogP contribution in [0.1, 0.15) is 58.6 Å². The van der Waals surface area contributed by atoms with Gasteiger partial charge in [-0.3, -0.25) is 0 Å². The second kappa shape index (κ2) is 5.87. The normalized spacial score (nSPS) is 30.9. The summed E-state index contributed by atoms with van der Waals surface area (Å²) in [6, 6.07) is 11.0. The molecule has 0 spiro atoms. The van der Waals surface area contributed by atoms with Crippen LogP contribution in [0.3, 0.4) is 0 Å². The summed E-state index contributed by atoms with van der Waals surface area (Å²) < 4.78 is 0. The molecule has 2 rings (SSSR count). The van der Waals surface area contributed by atoms with Gasteiger partial charge < -0.3 is 11.1 Å². The minimum absolute atomic E-state index is 0.0881. The predicted octanol–water partition coefficient (Wildman–Crippen LogP) is 3.88. The lowest BCUT2D eigenvalue weighted by Gasteiger charge is -2.50. The van der Waals surface area contributed by atoms with E-state index >= 15 is 0 Å². The maximum absolute atomic E-state index is 6.18. The Bertz CT molecular complexity index is 426. The average Bonchev–Trinajstić information content (AvgIpc) is 2.42. The third kappa shape index (κ3) is 3.24. The van der Waals surface area contributed by atoms with Crippen molar-refractivity contribution >= 4 is 0 Å². The third-order valence-electron chi connectivity index (χ3n) is 5.22. The Morgan fingerprint density at radius 1 is 1.25 bits per heavy atom. The zero-order chi connectivity index (χ0) is 14.8. The second-order valence-electron chi connectivity index (χ2n) is 7.41. The molecule has 3 atom stereocenters. The van der Waals surface area contributed by atoms with E-state index in [0.717, 1.165) is 6.54 Å². The van der Waals surface area contributed by atoms with Crippen LogP contribution in [-0.4, -0.2) is 12.1 Å². The number of nitrogens with two attached hydrogens (primary N) is 1. The zero-order valence-corrected chi connectivity index (χ0v) is 13.4. The standard InChI is InChI=1S/C18H30N2/c1-14-12-17(3,4)10-11-18(14,13-19)20-15(2)16-8-6-5-7-9-16/h5-9,14-15,20H,10-13,19H2,1-4H3. The molecule has 1 saturated carbocycles. The van der Waals surface area contributed by atoms with Crippen LogP contribution in [0, 0.1) is 11.3 Å². The van der Waals surface area contributed by atoms with Crippen LogP contribution >= 0.6 is 0 Å². The lowest BCUT2D eigenvalue weighted by atomic mass is 9.63. The number of rotatable bonds is 4. The van der Waals surface area contributed by atoms with Crippen LogP contribution in [0.25, 0.3) is 0 Å². The number of hydrogen-bond acceptors (Lipinski definition) is 2. The molecule has 1 aromatic rings. The largest absolute Gasteiger partial charge is 0.329 e. The van der Waals surface area contributed by atoms with Crippen LogP contribution < -0.4 is 11.1 Å². The van der Waals surface area contributed by atoms with Crippen LogP contribution in [-0.2, 0) is 0 Å². The first-order valence-corrected chi connectivity index (χ1v) is 7.91. The molecule has 1 aliphatic rings. The van der Waals surface area contributed by atoms with E-state index in [1.54, 1.807) is 0 Å². The molecule has 0 amide bonds. The van der Waals surface area contributed by atoms with Gasteiger partial charge in [-0.05, 0) is 43.1 Å². The van der Waals surface area contributed by atoms with E-state index in [2.05, 4.69) is 63.3 Å². The highest BCUT2D eigenvalue weighted by molar-refractivity contribution is 5.19. The molecule has 112 valence electrons. The molecular formula is C18H30N2. The maximum atomic E-state index is 6.18. The smallest absolute Gasteiger partial charge is 0.0335 e. The molecule has 20 heavy (non-hydrogen) atoms. The molecular weight excluding hydrogens is 244 g/mol. The molecule has 0 aromatic heterocycles. The van der Waals surface area contributed by atoms with E-state index in [-0.39, 0.29) is 5.54 Å². The zero-order valence-electron chi connectivity index (χ0n) is 13.4. The van der Waals surface area contributed by atoms with E-state index in [1.165, 1.54) is 24.8 Å². The van der Waals surface area contributed by atoms with Gasteiger partial charge in [0.2, 0.25) is 0 Å². The lowest BCUT2D eigenvalue weighted by molar-refractivity contribution is 0.0710. The Morgan fingerprint density at radius 3 is 2.45 bits per heavy atom. The SMILES string of the molecule is CC(NC1(CN)CCC(C)(C)CC1C)c1ccccc1. The van der Waals surface area contributed by atoms with Crippen LogP contribution in [0.5, 0.6) is 0 Å².